The van der Waals surface area contributed by atoms with Crippen molar-refractivity contribution in [2.45, 2.75) is 69.8 Å². The van der Waals surface area contributed by atoms with Crippen LogP contribution in [0.2, 0.25) is 0 Å². The number of carbonyl (C=O) groups is 1. The van der Waals surface area contributed by atoms with Gasteiger partial charge in [0.1, 0.15) is 5.60 Å². The molecule has 5 atom stereocenters. The van der Waals surface area contributed by atoms with E-state index in [4.69, 9.17) is 26.0 Å². The van der Waals surface area contributed by atoms with Gasteiger partial charge in [0, 0.05) is 69.0 Å². The van der Waals surface area contributed by atoms with E-state index in [1.807, 2.05) is 0 Å². The van der Waals surface area contributed by atoms with E-state index in [0.29, 0.717) is 0 Å². The molecule has 1 aromatic carbocycles. The molecule has 0 heterocycles. The van der Waals surface area contributed by atoms with E-state index < -0.39 is 151 Å². The standard InChI is InChI=1S/C29H35NO2/c1-5-15-29(32)16-14-26-24-12-8-20-17-22(31)11-13-23(20)27(24)25(18-28(26,29)2)19-6-9-21(10-7-19)30(3)4/h6-7,9-10,17,24-26,32H,8,11-14,16,18H2,1-4H3/t24-,25+,26-,28-,29-/m0/s1/i1D3,2D3,6D,7D,8D2,9D,10D,11D2,12D2,13D2,14D2,16D2,17D,18D2,24D,25D,26D. The smallest absolute Gasteiger partial charge is 0.156 e. The van der Waals surface area contributed by atoms with Crippen LogP contribution in [0.3, 0.4) is 0 Å². The predicted octanol–water partition coefficient (Wildman–Crippen LogP) is 5.41. The lowest BCUT2D eigenvalue weighted by atomic mass is 9.51. The van der Waals surface area contributed by atoms with Gasteiger partial charge in [-0.05, 0) is 91.7 Å². The summed E-state index contributed by atoms with van der Waals surface area (Å²) in [5.74, 6) is -14.5. The first-order chi connectivity index (χ1) is 26.2. The van der Waals surface area contributed by atoms with Crippen molar-refractivity contribution in [2.24, 2.45) is 17.2 Å². The van der Waals surface area contributed by atoms with E-state index in [9.17, 15) is 22.2 Å². The van der Waals surface area contributed by atoms with E-state index in [0.717, 1.165) is 4.90 Å². The van der Waals surface area contributed by atoms with Crippen LogP contribution in [-0.4, -0.2) is 30.6 Å². The summed E-state index contributed by atoms with van der Waals surface area (Å²) in [6, 6.07) is -7.54. The lowest BCUT2D eigenvalue weighted by Crippen LogP contribution is -2.51. The maximum Gasteiger partial charge on any atom is 0.156 e. The maximum atomic E-state index is 13.4. The van der Waals surface area contributed by atoms with E-state index in [2.05, 4.69) is 0 Å². The van der Waals surface area contributed by atoms with Gasteiger partial charge < -0.3 is 10.0 Å². The van der Waals surface area contributed by atoms with E-state index in [1.165, 1.54) is 25.9 Å². The molecule has 4 aliphatic rings. The summed E-state index contributed by atoms with van der Waals surface area (Å²) in [6.07, 6.45) is -32.5. The Hall–Kier alpha value is -2.31. The van der Waals surface area contributed by atoms with Crippen LogP contribution in [0.1, 0.15) is 108 Å². The van der Waals surface area contributed by atoms with Crippen molar-refractivity contribution in [1.29, 1.82) is 0 Å². The highest BCUT2D eigenvalue weighted by molar-refractivity contribution is 5.93. The first-order valence-electron chi connectivity index (χ1n) is 23.3. The molecule has 5 rings (SSSR count). The van der Waals surface area contributed by atoms with E-state index >= 15 is 0 Å². The molecular formula is C29H35NO2. The van der Waals surface area contributed by atoms with Gasteiger partial charge in [-0.25, -0.2) is 0 Å². The van der Waals surface area contributed by atoms with Crippen LogP contribution in [0.25, 0.3) is 0 Å². The summed E-state index contributed by atoms with van der Waals surface area (Å²) in [5, 5.41) is 12.7. The van der Waals surface area contributed by atoms with Crippen LogP contribution in [0.5, 0.6) is 0 Å². The van der Waals surface area contributed by atoms with Crippen LogP contribution in [-0.2, 0) is 4.79 Å². The van der Waals surface area contributed by atoms with Gasteiger partial charge in [-0.3, -0.25) is 4.79 Å². The Morgan fingerprint density at radius 2 is 2.06 bits per heavy atom. The van der Waals surface area contributed by atoms with Crippen LogP contribution in [0, 0.1) is 29.0 Å². The monoisotopic (exact) mass is 457 g/mol. The average Bonchev–Trinajstić information content (AvgIpc) is 3.14. The maximum absolute atomic E-state index is 13.4. The van der Waals surface area contributed by atoms with Gasteiger partial charge in [0.25, 0.3) is 0 Å². The zero-order chi connectivity index (χ0) is 47.3. The lowest BCUT2D eigenvalue weighted by molar-refractivity contribution is -0.114. The predicted molar refractivity (Wildman–Crippen MR) is 129 cm³/mol. The average molecular weight is 458 g/mol. The second kappa shape index (κ2) is 7.63. The first-order valence-corrected chi connectivity index (χ1v) is 9.30. The van der Waals surface area contributed by atoms with Crippen LogP contribution in [0.15, 0.2) is 46.9 Å². The Morgan fingerprint density at radius 1 is 1.25 bits per heavy atom. The van der Waals surface area contributed by atoms with Gasteiger partial charge >= 0.3 is 0 Å². The molecule has 3 nitrogen and oxygen atoms in total. The SMILES string of the molecule is [2H]C1=C2C(=C3[C@@]([2H])(c4c([2H])c([2H])c(N(C)C)c([2H])c4[2H])C([2H])([2H])[C@@]4(C([2H])([2H])[2H])[C@@]([2H])(C([2H])([2H])C([2H])([2H])[C@@]4(O)C#CC([2H])([2H])[2H])[C@]3([2H])C([2H])([2H])C2([2H])[2H])C([2H])([2H])C([2H])([2H])C1=O. The summed E-state index contributed by atoms with van der Waals surface area (Å²) in [5.41, 5.74) is -18.8. The zero-order valence-corrected chi connectivity index (χ0v) is 16.8. The third-order valence-corrected chi connectivity index (χ3v) is 5.25. The largest absolute Gasteiger partial charge is 0.378 e. The Kier molecular flexibility index (Phi) is 1.53. The van der Waals surface area contributed by atoms with Crippen molar-refractivity contribution >= 4 is 11.5 Å². The summed E-state index contributed by atoms with van der Waals surface area (Å²) in [7, 11) is 2.37. The molecule has 0 amide bonds. The van der Waals surface area contributed by atoms with Crippen LogP contribution < -0.4 is 4.90 Å². The first kappa shape index (κ1) is 6.42. The summed E-state index contributed by atoms with van der Waals surface area (Å²) in [4.78, 5) is 14.4. The number of benzene rings is 1. The Labute approximate surface area is 231 Å². The molecule has 0 spiro atoms. The summed E-state index contributed by atoms with van der Waals surface area (Å²) >= 11 is 0. The Morgan fingerprint density at radius 3 is 2.78 bits per heavy atom. The third kappa shape index (κ3) is 3.11. The molecule has 168 valence electrons. The molecule has 0 saturated heterocycles. The fourth-order valence-electron chi connectivity index (χ4n) is 3.65. The number of fused-ring (bicyclic) bond motifs is 4. The molecule has 0 aromatic heterocycles. The molecule has 1 N–H and O–H groups in total. The number of anilines is 1. The highest BCUT2D eigenvalue weighted by atomic mass is 16.3. The van der Waals surface area contributed by atoms with Crippen LogP contribution in [0.4, 0.5) is 5.69 Å². The molecule has 1 aromatic rings. The van der Waals surface area contributed by atoms with Crippen molar-refractivity contribution in [3.8, 4) is 11.8 Å². The number of hydrogen-bond acceptors (Lipinski definition) is 3. The molecular weight excluding hydrogens is 394 g/mol. The van der Waals surface area contributed by atoms with Crippen molar-refractivity contribution in [3.63, 3.8) is 0 Å². The fraction of sp³-hybridized carbons (Fsp3) is 0.552. The Bertz CT molecular complexity index is 2240. The molecule has 0 unspecified atom stereocenters. The quantitative estimate of drug-likeness (QED) is 0.604. The normalized spacial score (nSPS) is 67.7. The van der Waals surface area contributed by atoms with Gasteiger partial charge in [0.15, 0.2) is 5.78 Å². The van der Waals surface area contributed by atoms with Gasteiger partial charge in [0.05, 0.1) is 6.85 Å². The minimum Gasteiger partial charge on any atom is -0.378 e. The number of rotatable bonds is 2. The minimum absolute atomic E-state index is 0.642. The van der Waals surface area contributed by atoms with Gasteiger partial charge in [-0.15, -0.1) is 5.92 Å². The van der Waals surface area contributed by atoms with Gasteiger partial charge in [-0.2, -0.15) is 0 Å². The topological polar surface area (TPSA) is 40.5 Å². The highest BCUT2D eigenvalue weighted by Gasteiger charge is 2.62. The van der Waals surface area contributed by atoms with Crippen molar-refractivity contribution in [2.75, 3.05) is 19.0 Å². The third-order valence-electron chi connectivity index (χ3n) is 5.25. The second-order valence-corrected chi connectivity index (χ2v) is 7.41. The minimum atomic E-state index is -5.17. The molecule has 4 aliphatic carbocycles. The van der Waals surface area contributed by atoms with Crippen molar-refractivity contribution < 1.29 is 48.3 Å². The van der Waals surface area contributed by atoms with Crippen molar-refractivity contribution in [1.82, 2.24) is 0 Å². The zero-order valence-electron chi connectivity index (χ0n) is 44.8. The molecule has 0 radical (unpaired) electrons. The van der Waals surface area contributed by atoms with E-state index in [-0.39, 0.29) is 0 Å². The number of aliphatic hydroxyl groups is 1. The second-order valence-electron chi connectivity index (χ2n) is 7.41. The number of hydrogen-bond donors (Lipinski definition) is 1. The summed E-state index contributed by atoms with van der Waals surface area (Å²) < 4.78 is 252. The molecule has 0 aliphatic heterocycles. The Balaban J connectivity index is 2.43. The van der Waals surface area contributed by atoms with E-state index in [1.54, 1.807) is 0 Å². The highest BCUT2D eigenvalue weighted by Crippen LogP contribution is 2.66. The van der Waals surface area contributed by atoms with Gasteiger partial charge in [-0.1, -0.05) is 30.4 Å². The number of ketones is 1. The van der Waals surface area contributed by atoms with Crippen LogP contribution >= 0.6 is 0 Å². The summed E-state index contributed by atoms with van der Waals surface area (Å²) in [6.45, 7) is -8.59. The lowest BCUT2D eigenvalue weighted by Gasteiger charge is -2.53. The number of nitrogens with zero attached hydrogens (tertiary/aromatic N) is 1. The molecule has 3 heteroatoms. The van der Waals surface area contributed by atoms with Crippen molar-refractivity contribution in [3.05, 3.63) is 52.5 Å². The molecule has 0 bridgehead atoms. The van der Waals surface area contributed by atoms with Gasteiger partial charge in [0.2, 0.25) is 0 Å². The number of carbonyl (C=O) groups excluding carboxylic acids is 1. The molecule has 2 saturated carbocycles. The molecule has 2 fully saturated rings. The fourth-order valence-corrected chi connectivity index (χ4v) is 3.65. The number of allylic oxidation sites excluding steroid dienone is 4. The molecule has 32 heavy (non-hydrogen) atoms.